The van der Waals surface area contributed by atoms with Gasteiger partial charge in [0.15, 0.2) is 0 Å². The predicted octanol–water partition coefficient (Wildman–Crippen LogP) is 1.65. The second kappa shape index (κ2) is 6.68. The summed E-state index contributed by atoms with van der Waals surface area (Å²) in [6.45, 7) is 7.57. The zero-order valence-electron chi connectivity index (χ0n) is 12.6. The normalized spacial score (nSPS) is 22.6. The van der Waals surface area contributed by atoms with Crippen molar-refractivity contribution in [3.8, 4) is 0 Å². The molecule has 2 aliphatic rings. The van der Waals surface area contributed by atoms with Crippen LogP contribution in [0.1, 0.15) is 44.9 Å². The van der Waals surface area contributed by atoms with Crippen LogP contribution in [0, 0.1) is 5.92 Å². The Morgan fingerprint density at radius 1 is 1.30 bits per heavy atom. The van der Waals surface area contributed by atoms with Crippen molar-refractivity contribution in [2.75, 3.05) is 19.6 Å². The lowest BCUT2D eigenvalue weighted by molar-refractivity contribution is 0.156. The Hall–Kier alpha value is -0.940. The van der Waals surface area contributed by atoms with E-state index in [9.17, 15) is 0 Å². The van der Waals surface area contributed by atoms with Crippen molar-refractivity contribution in [2.24, 2.45) is 5.92 Å². The van der Waals surface area contributed by atoms with Gasteiger partial charge in [0.05, 0.1) is 6.54 Å². The molecule has 0 bridgehead atoms. The molecule has 1 atom stereocenters. The first-order valence-corrected chi connectivity index (χ1v) is 8.19. The maximum atomic E-state index is 4.22. The molecule has 3 rings (SSSR count). The second-order valence-corrected chi connectivity index (χ2v) is 6.24. The van der Waals surface area contributed by atoms with Crippen LogP contribution in [0.2, 0.25) is 0 Å². The van der Waals surface area contributed by atoms with Gasteiger partial charge in [0.2, 0.25) is 0 Å². The van der Waals surface area contributed by atoms with Gasteiger partial charge in [0, 0.05) is 25.7 Å². The van der Waals surface area contributed by atoms with Crippen molar-refractivity contribution in [1.82, 2.24) is 25.0 Å². The summed E-state index contributed by atoms with van der Waals surface area (Å²) in [7, 11) is 0. The van der Waals surface area contributed by atoms with Crippen molar-refractivity contribution in [3.63, 3.8) is 0 Å². The molecule has 112 valence electrons. The van der Waals surface area contributed by atoms with Crippen LogP contribution in [0.4, 0.5) is 0 Å². The van der Waals surface area contributed by atoms with Gasteiger partial charge in [-0.15, -0.1) is 10.2 Å². The Balaban J connectivity index is 1.59. The van der Waals surface area contributed by atoms with Gasteiger partial charge in [-0.3, -0.25) is 4.90 Å². The highest BCUT2D eigenvalue weighted by molar-refractivity contribution is 4.92. The first-order chi connectivity index (χ1) is 9.86. The molecule has 1 aromatic rings. The molecular weight excluding hydrogens is 250 g/mol. The number of fused-ring (bicyclic) bond motifs is 1. The summed E-state index contributed by atoms with van der Waals surface area (Å²) in [4.78, 5) is 2.55. The number of hydrogen-bond acceptors (Lipinski definition) is 4. The SMILES string of the molecule is CCNC(CN1CCn2cnnc2C1)C1CCCCC1. The van der Waals surface area contributed by atoms with Crippen molar-refractivity contribution in [2.45, 2.75) is 58.2 Å². The van der Waals surface area contributed by atoms with Crippen LogP contribution >= 0.6 is 0 Å². The van der Waals surface area contributed by atoms with Gasteiger partial charge in [-0.05, 0) is 25.3 Å². The van der Waals surface area contributed by atoms with Crippen molar-refractivity contribution >= 4 is 0 Å². The highest BCUT2D eigenvalue weighted by Gasteiger charge is 2.26. The summed E-state index contributed by atoms with van der Waals surface area (Å²) in [5, 5.41) is 12.0. The third kappa shape index (κ3) is 3.20. The lowest BCUT2D eigenvalue weighted by Crippen LogP contribution is -2.48. The molecule has 5 heteroatoms. The molecular formula is C15H27N5. The third-order valence-corrected chi connectivity index (χ3v) is 4.86. The third-order valence-electron chi connectivity index (χ3n) is 4.86. The Morgan fingerprint density at radius 2 is 2.15 bits per heavy atom. The topological polar surface area (TPSA) is 46.0 Å². The van der Waals surface area contributed by atoms with Crippen LogP contribution in [0.5, 0.6) is 0 Å². The molecule has 1 saturated carbocycles. The molecule has 0 spiro atoms. The maximum Gasteiger partial charge on any atom is 0.147 e. The van der Waals surface area contributed by atoms with Gasteiger partial charge in [0.25, 0.3) is 0 Å². The zero-order valence-corrected chi connectivity index (χ0v) is 12.6. The van der Waals surface area contributed by atoms with Gasteiger partial charge >= 0.3 is 0 Å². The molecule has 5 nitrogen and oxygen atoms in total. The minimum atomic E-state index is 0.648. The van der Waals surface area contributed by atoms with E-state index in [0.29, 0.717) is 6.04 Å². The summed E-state index contributed by atoms with van der Waals surface area (Å²) in [6.07, 6.45) is 8.93. The fraction of sp³-hybridized carbons (Fsp3) is 0.867. The van der Waals surface area contributed by atoms with E-state index in [4.69, 9.17) is 0 Å². The molecule has 0 amide bonds. The number of aromatic nitrogens is 3. The molecule has 1 unspecified atom stereocenters. The monoisotopic (exact) mass is 277 g/mol. The van der Waals surface area contributed by atoms with Gasteiger partial charge in [-0.1, -0.05) is 26.2 Å². The minimum absolute atomic E-state index is 0.648. The number of likely N-dealkylation sites (N-methyl/N-ethyl adjacent to an activating group) is 1. The van der Waals surface area contributed by atoms with E-state index in [-0.39, 0.29) is 0 Å². The van der Waals surface area contributed by atoms with Crippen molar-refractivity contribution < 1.29 is 0 Å². The molecule has 2 heterocycles. The summed E-state index contributed by atoms with van der Waals surface area (Å²) in [5.74, 6) is 1.98. The fourth-order valence-electron chi connectivity index (χ4n) is 3.73. The van der Waals surface area contributed by atoms with Crippen molar-refractivity contribution in [1.29, 1.82) is 0 Å². The minimum Gasteiger partial charge on any atom is -0.315 e. The van der Waals surface area contributed by atoms with Crippen LogP contribution in [0.3, 0.4) is 0 Å². The van der Waals surface area contributed by atoms with Crippen molar-refractivity contribution in [3.05, 3.63) is 12.2 Å². The number of hydrogen-bond donors (Lipinski definition) is 1. The van der Waals surface area contributed by atoms with Crippen LogP contribution in [0.25, 0.3) is 0 Å². The standard InChI is InChI=1S/C15H27N5/c1-2-16-14(13-6-4-3-5-7-13)10-19-8-9-20-12-17-18-15(20)11-19/h12-14,16H,2-11H2,1H3. The quantitative estimate of drug-likeness (QED) is 0.889. The largest absolute Gasteiger partial charge is 0.315 e. The Morgan fingerprint density at radius 3 is 2.95 bits per heavy atom. The smallest absolute Gasteiger partial charge is 0.147 e. The molecule has 20 heavy (non-hydrogen) atoms. The second-order valence-electron chi connectivity index (χ2n) is 6.24. The number of nitrogens with zero attached hydrogens (tertiary/aromatic N) is 4. The van der Waals surface area contributed by atoms with Gasteiger partial charge in [-0.2, -0.15) is 0 Å². The van der Waals surface area contributed by atoms with E-state index in [1.807, 2.05) is 6.33 Å². The van der Waals surface area contributed by atoms with Crippen LogP contribution in [-0.2, 0) is 13.1 Å². The lowest BCUT2D eigenvalue weighted by Gasteiger charge is -2.36. The molecule has 0 saturated heterocycles. The summed E-state index contributed by atoms with van der Waals surface area (Å²) >= 11 is 0. The summed E-state index contributed by atoms with van der Waals surface area (Å²) in [5.41, 5.74) is 0. The highest BCUT2D eigenvalue weighted by atomic mass is 15.3. The molecule has 1 fully saturated rings. The molecule has 1 aliphatic carbocycles. The zero-order chi connectivity index (χ0) is 13.8. The average molecular weight is 277 g/mol. The maximum absolute atomic E-state index is 4.22. The van der Waals surface area contributed by atoms with Crippen LogP contribution in [0.15, 0.2) is 6.33 Å². The molecule has 1 aliphatic heterocycles. The van der Waals surface area contributed by atoms with E-state index < -0.39 is 0 Å². The van der Waals surface area contributed by atoms with E-state index in [1.165, 1.54) is 32.1 Å². The molecule has 1 aromatic heterocycles. The number of rotatable bonds is 5. The van der Waals surface area contributed by atoms with E-state index in [2.05, 4.69) is 31.9 Å². The summed E-state index contributed by atoms with van der Waals surface area (Å²) in [6, 6.07) is 0.648. The molecule has 0 radical (unpaired) electrons. The first-order valence-electron chi connectivity index (χ1n) is 8.19. The summed E-state index contributed by atoms with van der Waals surface area (Å²) < 4.78 is 2.18. The predicted molar refractivity (Wildman–Crippen MR) is 79.3 cm³/mol. The lowest BCUT2D eigenvalue weighted by atomic mass is 9.83. The molecule has 0 aromatic carbocycles. The van der Waals surface area contributed by atoms with Crippen LogP contribution < -0.4 is 5.32 Å². The Labute approximate surface area is 121 Å². The Kier molecular flexibility index (Phi) is 4.68. The van der Waals surface area contributed by atoms with E-state index >= 15 is 0 Å². The van der Waals surface area contributed by atoms with Crippen LogP contribution in [-0.4, -0.2) is 45.3 Å². The highest BCUT2D eigenvalue weighted by Crippen LogP contribution is 2.27. The van der Waals surface area contributed by atoms with Gasteiger partial charge < -0.3 is 9.88 Å². The van der Waals surface area contributed by atoms with Gasteiger partial charge in [-0.25, -0.2) is 0 Å². The molecule has 1 N–H and O–H groups in total. The first kappa shape index (κ1) is 14.0. The number of nitrogens with one attached hydrogen (secondary N) is 1. The van der Waals surface area contributed by atoms with Gasteiger partial charge in [0.1, 0.15) is 12.2 Å². The van der Waals surface area contributed by atoms with E-state index in [0.717, 1.165) is 44.5 Å². The Bertz CT molecular complexity index is 410. The van der Waals surface area contributed by atoms with E-state index in [1.54, 1.807) is 0 Å². The fourth-order valence-corrected chi connectivity index (χ4v) is 3.73. The average Bonchev–Trinajstić information content (AvgIpc) is 2.95.